The highest BCUT2D eigenvalue weighted by Gasteiger charge is 2.11. The molecule has 2 amide bonds. The van der Waals surface area contributed by atoms with Gasteiger partial charge in [-0.3, -0.25) is 0 Å². The third-order valence-electron chi connectivity index (χ3n) is 2.55. The van der Waals surface area contributed by atoms with Crippen molar-refractivity contribution >= 4 is 40.5 Å². The number of carbonyl (C=O) groups is 1. The highest BCUT2D eigenvalue weighted by atomic mass is 35.5. The Morgan fingerprint density at radius 2 is 2.06 bits per heavy atom. The second-order valence-electron chi connectivity index (χ2n) is 3.66. The summed E-state index contributed by atoms with van der Waals surface area (Å²) in [6.07, 6.45) is 0. The zero-order chi connectivity index (χ0) is 13.7. The van der Waals surface area contributed by atoms with E-state index in [1.54, 1.807) is 23.1 Å². The topological polar surface area (TPSA) is 58.4 Å². The summed E-state index contributed by atoms with van der Waals surface area (Å²) in [6, 6.07) is 4.89. The van der Waals surface area contributed by atoms with E-state index in [2.05, 4.69) is 5.32 Å². The van der Waals surface area contributed by atoms with Crippen LogP contribution in [0.5, 0.6) is 0 Å². The van der Waals surface area contributed by atoms with Crippen LogP contribution in [0.25, 0.3) is 0 Å². The molecule has 0 bridgehead atoms. The Kier molecular flexibility index (Phi) is 5.37. The third kappa shape index (κ3) is 3.58. The Labute approximate surface area is 117 Å². The maximum Gasteiger partial charge on any atom is 0.321 e. The maximum absolute atomic E-state index is 11.9. The normalized spacial score (nSPS) is 9.94. The van der Waals surface area contributed by atoms with Gasteiger partial charge in [0, 0.05) is 18.7 Å². The average molecular weight is 286 g/mol. The number of thiocarbonyl (C=S) groups is 1. The average Bonchev–Trinajstić information content (AvgIpc) is 2.33. The van der Waals surface area contributed by atoms with Gasteiger partial charge in [0.25, 0.3) is 0 Å². The molecule has 0 aliphatic heterocycles. The summed E-state index contributed by atoms with van der Waals surface area (Å²) in [4.78, 5) is 13.8. The van der Waals surface area contributed by atoms with E-state index in [0.29, 0.717) is 29.4 Å². The SMILES string of the molecule is CCN(CC)C(=O)Nc1ccc(C(N)=S)cc1Cl. The summed E-state index contributed by atoms with van der Waals surface area (Å²) in [7, 11) is 0. The summed E-state index contributed by atoms with van der Waals surface area (Å²) < 4.78 is 0. The molecule has 0 radical (unpaired) electrons. The van der Waals surface area contributed by atoms with E-state index in [4.69, 9.17) is 29.6 Å². The molecule has 98 valence electrons. The maximum atomic E-state index is 11.9. The molecule has 1 aromatic carbocycles. The fourth-order valence-electron chi connectivity index (χ4n) is 1.47. The summed E-state index contributed by atoms with van der Waals surface area (Å²) in [5, 5.41) is 3.17. The van der Waals surface area contributed by atoms with Gasteiger partial charge in [-0.15, -0.1) is 0 Å². The second kappa shape index (κ2) is 6.56. The highest BCUT2D eigenvalue weighted by molar-refractivity contribution is 7.80. The Balaban J connectivity index is 2.86. The molecule has 0 unspecified atom stereocenters. The van der Waals surface area contributed by atoms with Crippen molar-refractivity contribution in [1.82, 2.24) is 4.90 Å². The third-order valence-corrected chi connectivity index (χ3v) is 3.09. The lowest BCUT2D eigenvalue weighted by Crippen LogP contribution is -2.34. The minimum atomic E-state index is -0.176. The van der Waals surface area contributed by atoms with E-state index >= 15 is 0 Å². The first kappa shape index (κ1) is 14.7. The molecule has 1 aromatic rings. The van der Waals surface area contributed by atoms with Crippen LogP contribution in [-0.2, 0) is 0 Å². The van der Waals surface area contributed by atoms with Gasteiger partial charge in [-0.05, 0) is 32.0 Å². The van der Waals surface area contributed by atoms with Gasteiger partial charge in [-0.1, -0.05) is 23.8 Å². The predicted octanol–water partition coefficient (Wildman–Crippen LogP) is 2.85. The van der Waals surface area contributed by atoms with Crippen molar-refractivity contribution in [3.8, 4) is 0 Å². The number of rotatable bonds is 4. The number of nitrogens with two attached hydrogens (primary N) is 1. The first-order chi connectivity index (χ1) is 8.49. The number of hydrogen-bond acceptors (Lipinski definition) is 2. The van der Waals surface area contributed by atoms with E-state index in [9.17, 15) is 4.79 Å². The highest BCUT2D eigenvalue weighted by Crippen LogP contribution is 2.23. The Bertz CT molecular complexity index is 461. The quantitative estimate of drug-likeness (QED) is 0.837. The van der Waals surface area contributed by atoms with Crippen LogP contribution in [0.15, 0.2) is 18.2 Å². The summed E-state index contributed by atoms with van der Waals surface area (Å²) >= 11 is 10.9. The van der Waals surface area contributed by atoms with E-state index in [-0.39, 0.29) is 11.0 Å². The van der Waals surface area contributed by atoms with Gasteiger partial charge in [0.15, 0.2) is 0 Å². The molecule has 0 saturated carbocycles. The molecule has 18 heavy (non-hydrogen) atoms. The summed E-state index contributed by atoms with van der Waals surface area (Å²) in [5.41, 5.74) is 6.73. The smallest absolute Gasteiger partial charge is 0.321 e. The molecule has 0 aliphatic carbocycles. The molecule has 0 aromatic heterocycles. The zero-order valence-corrected chi connectivity index (χ0v) is 11.9. The molecule has 0 atom stereocenters. The van der Waals surface area contributed by atoms with Gasteiger partial charge in [-0.25, -0.2) is 4.79 Å². The van der Waals surface area contributed by atoms with E-state index in [0.717, 1.165) is 0 Å². The number of urea groups is 1. The lowest BCUT2D eigenvalue weighted by atomic mass is 10.2. The summed E-state index contributed by atoms with van der Waals surface area (Å²) in [6.45, 7) is 5.12. The number of benzene rings is 1. The van der Waals surface area contributed by atoms with Crippen molar-refractivity contribution in [2.45, 2.75) is 13.8 Å². The van der Waals surface area contributed by atoms with Crippen molar-refractivity contribution in [2.75, 3.05) is 18.4 Å². The predicted molar refractivity (Wildman–Crippen MR) is 79.3 cm³/mol. The van der Waals surface area contributed by atoms with Crippen LogP contribution < -0.4 is 11.1 Å². The van der Waals surface area contributed by atoms with E-state index in [1.165, 1.54) is 0 Å². The number of hydrogen-bond donors (Lipinski definition) is 2. The lowest BCUT2D eigenvalue weighted by molar-refractivity contribution is 0.217. The molecule has 0 heterocycles. The molecule has 1 rings (SSSR count). The number of carbonyl (C=O) groups excluding carboxylic acids is 1. The minimum absolute atomic E-state index is 0.176. The number of nitrogens with one attached hydrogen (secondary N) is 1. The number of anilines is 1. The summed E-state index contributed by atoms with van der Waals surface area (Å²) in [5.74, 6) is 0. The number of amides is 2. The molecule has 0 spiro atoms. The van der Waals surface area contributed by atoms with Crippen LogP contribution in [0.1, 0.15) is 19.4 Å². The van der Waals surface area contributed by atoms with Crippen LogP contribution in [0.2, 0.25) is 5.02 Å². The standard InChI is InChI=1S/C12H16ClN3OS/c1-3-16(4-2)12(17)15-10-6-5-8(11(14)18)7-9(10)13/h5-7H,3-4H2,1-2H3,(H2,14,18)(H,15,17). The largest absolute Gasteiger partial charge is 0.389 e. The molecule has 0 saturated heterocycles. The number of halogens is 1. The fourth-order valence-corrected chi connectivity index (χ4v) is 1.83. The van der Waals surface area contributed by atoms with Gasteiger partial charge in [-0.2, -0.15) is 0 Å². The monoisotopic (exact) mass is 285 g/mol. The molecule has 3 N–H and O–H groups in total. The van der Waals surface area contributed by atoms with Gasteiger partial charge >= 0.3 is 6.03 Å². The van der Waals surface area contributed by atoms with Gasteiger partial charge < -0.3 is 16.0 Å². The van der Waals surface area contributed by atoms with Crippen molar-refractivity contribution < 1.29 is 4.79 Å². The Hall–Kier alpha value is -1.33. The van der Waals surface area contributed by atoms with Crippen molar-refractivity contribution in [3.05, 3.63) is 28.8 Å². The number of nitrogens with zero attached hydrogens (tertiary/aromatic N) is 1. The van der Waals surface area contributed by atoms with Crippen LogP contribution >= 0.6 is 23.8 Å². The van der Waals surface area contributed by atoms with Gasteiger partial charge in [0.1, 0.15) is 4.99 Å². The van der Waals surface area contributed by atoms with Gasteiger partial charge in [0.05, 0.1) is 10.7 Å². The van der Waals surface area contributed by atoms with Crippen LogP contribution in [-0.4, -0.2) is 29.0 Å². The molecular weight excluding hydrogens is 270 g/mol. The van der Waals surface area contributed by atoms with Crippen LogP contribution in [0.3, 0.4) is 0 Å². The van der Waals surface area contributed by atoms with Crippen molar-refractivity contribution in [3.63, 3.8) is 0 Å². The lowest BCUT2D eigenvalue weighted by Gasteiger charge is -2.19. The van der Waals surface area contributed by atoms with E-state index in [1.807, 2.05) is 13.8 Å². The fraction of sp³-hybridized carbons (Fsp3) is 0.333. The Morgan fingerprint density at radius 3 is 2.50 bits per heavy atom. The van der Waals surface area contributed by atoms with E-state index < -0.39 is 0 Å². The second-order valence-corrected chi connectivity index (χ2v) is 4.51. The molecule has 6 heteroatoms. The minimum Gasteiger partial charge on any atom is -0.389 e. The molecule has 0 aliphatic rings. The molecular formula is C12H16ClN3OS. The molecule has 4 nitrogen and oxygen atoms in total. The molecule has 0 fully saturated rings. The van der Waals surface area contributed by atoms with Crippen molar-refractivity contribution in [2.24, 2.45) is 5.73 Å². The first-order valence-electron chi connectivity index (χ1n) is 5.64. The van der Waals surface area contributed by atoms with Crippen LogP contribution in [0, 0.1) is 0 Å². The van der Waals surface area contributed by atoms with Crippen LogP contribution in [0.4, 0.5) is 10.5 Å². The Morgan fingerprint density at radius 1 is 1.44 bits per heavy atom. The first-order valence-corrected chi connectivity index (χ1v) is 6.43. The van der Waals surface area contributed by atoms with Crippen molar-refractivity contribution in [1.29, 1.82) is 0 Å². The van der Waals surface area contributed by atoms with Gasteiger partial charge in [0.2, 0.25) is 0 Å². The zero-order valence-electron chi connectivity index (χ0n) is 10.4.